The molecule has 10 heteroatoms. The van der Waals surface area contributed by atoms with E-state index in [0.29, 0.717) is 45.1 Å². The van der Waals surface area contributed by atoms with Crippen LogP contribution in [-0.4, -0.2) is 69.0 Å². The molecule has 1 aromatic carbocycles. The number of amides is 1. The van der Waals surface area contributed by atoms with Gasteiger partial charge >= 0.3 is 5.97 Å². The predicted molar refractivity (Wildman–Crippen MR) is 98.4 cm³/mol. The minimum absolute atomic E-state index is 0.00986. The molecule has 152 valence electrons. The Morgan fingerprint density at radius 1 is 1.29 bits per heavy atom. The molecular formula is C18H23N3O7. The van der Waals surface area contributed by atoms with Crippen LogP contribution in [0.3, 0.4) is 0 Å². The lowest BCUT2D eigenvalue weighted by Crippen LogP contribution is -2.37. The predicted octanol–water partition coefficient (Wildman–Crippen LogP) is 0.883. The van der Waals surface area contributed by atoms with Crippen molar-refractivity contribution >= 4 is 23.3 Å². The van der Waals surface area contributed by atoms with Gasteiger partial charge in [0.1, 0.15) is 0 Å². The number of morpholine rings is 1. The Kier molecular flexibility index (Phi) is 6.77. The number of esters is 1. The maximum atomic E-state index is 12.5. The van der Waals surface area contributed by atoms with Crippen molar-refractivity contribution in [3.63, 3.8) is 0 Å². The van der Waals surface area contributed by atoms with Crippen LogP contribution in [0, 0.1) is 10.1 Å². The molecule has 10 nitrogen and oxygen atoms in total. The van der Waals surface area contributed by atoms with Crippen LogP contribution in [0.1, 0.15) is 23.2 Å². The van der Waals surface area contributed by atoms with E-state index in [1.54, 1.807) is 0 Å². The van der Waals surface area contributed by atoms with Gasteiger partial charge in [0.05, 0.1) is 35.5 Å². The number of benzene rings is 1. The molecule has 1 amide bonds. The Morgan fingerprint density at radius 2 is 2.07 bits per heavy atom. The minimum atomic E-state index is -0.780. The number of nitro groups is 1. The summed E-state index contributed by atoms with van der Waals surface area (Å²) >= 11 is 0. The molecule has 2 aliphatic heterocycles. The molecule has 0 saturated carbocycles. The number of nitrogens with zero attached hydrogens (tertiary/aromatic N) is 2. The van der Waals surface area contributed by atoms with Crippen molar-refractivity contribution in [1.29, 1.82) is 0 Å². The van der Waals surface area contributed by atoms with E-state index in [4.69, 9.17) is 14.2 Å². The highest BCUT2D eigenvalue weighted by atomic mass is 16.6. The molecule has 28 heavy (non-hydrogen) atoms. The lowest BCUT2D eigenvalue weighted by atomic mass is 10.1. The van der Waals surface area contributed by atoms with Crippen molar-refractivity contribution in [2.45, 2.75) is 18.9 Å². The van der Waals surface area contributed by atoms with E-state index >= 15 is 0 Å². The third-order valence-corrected chi connectivity index (χ3v) is 4.65. The van der Waals surface area contributed by atoms with Crippen LogP contribution in [0.2, 0.25) is 0 Å². The highest BCUT2D eigenvalue weighted by Gasteiger charge is 2.24. The van der Waals surface area contributed by atoms with Gasteiger partial charge in [0.2, 0.25) is 0 Å². The summed E-state index contributed by atoms with van der Waals surface area (Å²) in [7, 11) is 0. The molecule has 0 spiro atoms. The van der Waals surface area contributed by atoms with Crippen molar-refractivity contribution in [2.75, 3.05) is 51.0 Å². The summed E-state index contributed by atoms with van der Waals surface area (Å²) in [5.41, 5.74) is 0.369. The Hall–Kier alpha value is -2.72. The number of carbonyl (C=O) groups is 2. The molecule has 2 saturated heterocycles. The maximum absolute atomic E-state index is 12.5. The highest BCUT2D eigenvalue weighted by molar-refractivity contribution is 5.97. The molecule has 0 radical (unpaired) electrons. The Morgan fingerprint density at radius 3 is 2.75 bits per heavy atom. The van der Waals surface area contributed by atoms with Crippen molar-refractivity contribution < 1.29 is 28.7 Å². The number of ether oxygens (including phenoxy) is 3. The average Bonchev–Trinajstić information content (AvgIpc) is 3.24. The number of non-ortho nitro benzene ring substituents is 1. The zero-order valence-corrected chi connectivity index (χ0v) is 15.4. The van der Waals surface area contributed by atoms with E-state index in [2.05, 4.69) is 5.32 Å². The molecule has 3 rings (SSSR count). The van der Waals surface area contributed by atoms with Gasteiger partial charge < -0.3 is 24.4 Å². The second-order valence-corrected chi connectivity index (χ2v) is 6.57. The summed E-state index contributed by atoms with van der Waals surface area (Å²) in [5.74, 6) is -1.22. The lowest BCUT2D eigenvalue weighted by molar-refractivity contribution is -0.384. The van der Waals surface area contributed by atoms with Crippen molar-refractivity contribution in [3.8, 4) is 0 Å². The number of rotatable bonds is 7. The molecule has 2 aliphatic rings. The smallest absolute Gasteiger partial charge is 0.341 e. The molecule has 1 aromatic rings. The van der Waals surface area contributed by atoms with E-state index in [1.165, 1.54) is 18.2 Å². The maximum Gasteiger partial charge on any atom is 0.341 e. The molecule has 0 aromatic heterocycles. The Labute approximate surface area is 161 Å². The second-order valence-electron chi connectivity index (χ2n) is 6.57. The summed E-state index contributed by atoms with van der Waals surface area (Å²) in [6.45, 7) is 2.70. The van der Waals surface area contributed by atoms with E-state index in [9.17, 15) is 19.7 Å². The first-order chi connectivity index (χ1) is 13.5. The summed E-state index contributed by atoms with van der Waals surface area (Å²) in [4.78, 5) is 36.9. The summed E-state index contributed by atoms with van der Waals surface area (Å²) in [5, 5.41) is 13.7. The molecule has 0 aliphatic carbocycles. The van der Waals surface area contributed by atoms with E-state index in [0.717, 1.165) is 12.8 Å². The zero-order chi connectivity index (χ0) is 19.9. The first-order valence-corrected chi connectivity index (χ1v) is 9.21. The number of nitrogens with one attached hydrogen (secondary N) is 1. The van der Waals surface area contributed by atoms with Gasteiger partial charge in [-0.25, -0.2) is 4.79 Å². The first kappa shape index (κ1) is 20.0. The SMILES string of the molecule is O=C(COC(=O)c1cc([N+](=O)[O-])ccc1N1CCOCC1)NCC1CCCO1. The molecule has 1 unspecified atom stereocenters. The van der Waals surface area contributed by atoms with Crippen LogP contribution in [0.15, 0.2) is 18.2 Å². The number of anilines is 1. The fourth-order valence-electron chi connectivity index (χ4n) is 3.17. The van der Waals surface area contributed by atoms with Crippen LogP contribution in [-0.2, 0) is 19.0 Å². The van der Waals surface area contributed by atoms with Gasteiger partial charge in [0.15, 0.2) is 6.61 Å². The molecule has 1 N–H and O–H groups in total. The molecule has 0 bridgehead atoms. The fourth-order valence-corrected chi connectivity index (χ4v) is 3.17. The monoisotopic (exact) mass is 393 g/mol. The lowest BCUT2D eigenvalue weighted by Gasteiger charge is -2.30. The second kappa shape index (κ2) is 9.47. The van der Waals surface area contributed by atoms with E-state index in [-0.39, 0.29) is 17.4 Å². The van der Waals surface area contributed by atoms with Crippen molar-refractivity contribution in [3.05, 3.63) is 33.9 Å². The first-order valence-electron chi connectivity index (χ1n) is 9.21. The summed E-state index contributed by atoms with van der Waals surface area (Å²) < 4.78 is 15.8. The quantitative estimate of drug-likeness (QED) is 0.412. The van der Waals surface area contributed by atoms with Crippen LogP contribution in [0.4, 0.5) is 11.4 Å². The Bertz CT molecular complexity index is 728. The third kappa shape index (κ3) is 5.17. The number of hydrogen-bond donors (Lipinski definition) is 1. The van der Waals surface area contributed by atoms with Crippen molar-refractivity contribution in [1.82, 2.24) is 5.32 Å². The minimum Gasteiger partial charge on any atom is -0.452 e. The average molecular weight is 393 g/mol. The van der Waals surface area contributed by atoms with Crippen LogP contribution < -0.4 is 10.2 Å². The van der Waals surface area contributed by atoms with Crippen molar-refractivity contribution in [2.24, 2.45) is 0 Å². The van der Waals surface area contributed by atoms with E-state index < -0.39 is 23.4 Å². The number of nitro benzene ring substituents is 1. The molecule has 1 atom stereocenters. The van der Waals surface area contributed by atoms with Gasteiger partial charge in [-0.15, -0.1) is 0 Å². The standard InChI is InChI=1S/C18H23N3O7/c22-17(19-11-14-2-1-7-27-14)12-28-18(23)15-10-13(21(24)25)3-4-16(15)20-5-8-26-9-6-20/h3-4,10,14H,1-2,5-9,11-12H2,(H,19,22). The normalized spacial score (nSPS) is 19.3. The Balaban J connectivity index is 1.63. The van der Waals surface area contributed by atoms with Gasteiger partial charge in [-0.3, -0.25) is 14.9 Å². The molecule has 2 heterocycles. The van der Waals surface area contributed by atoms with Gasteiger partial charge in [0, 0.05) is 38.4 Å². The topological polar surface area (TPSA) is 120 Å². The molecular weight excluding hydrogens is 370 g/mol. The van der Waals surface area contributed by atoms with Crippen LogP contribution >= 0.6 is 0 Å². The largest absolute Gasteiger partial charge is 0.452 e. The fraction of sp³-hybridized carbons (Fsp3) is 0.556. The highest BCUT2D eigenvalue weighted by Crippen LogP contribution is 2.27. The van der Waals surface area contributed by atoms with E-state index in [1.807, 2.05) is 4.90 Å². The van der Waals surface area contributed by atoms with Gasteiger partial charge in [-0.05, 0) is 18.9 Å². The number of carbonyl (C=O) groups excluding carboxylic acids is 2. The van der Waals surface area contributed by atoms with Crippen LogP contribution in [0.25, 0.3) is 0 Å². The van der Waals surface area contributed by atoms with Gasteiger partial charge in [-0.2, -0.15) is 0 Å². The third-order valence-electron chi connectivity index (χ3n) is 4.65. The zero-order valence-electron chi connectivity index (χ0n) is 15.4. The molecule has 2 fully saturated rings. The summed E-state index contributed by atoms with van der Waals surface area (Å²) in [6, 6.07) is 4.05. The van der Waals surface area contributed by atoms with Gasteiger partial charge in [-0.1, -0.05) is 0 Å². The van der Waals surface area contributed by atoms with Gasteiger partial charge in [0.25, 0.3) is 11.6 Å². The summed E-state index contributed by atoms with van der Waals surface area (Å²) in [6.07, 6.45) is 1.84. The number of hydrogen-bond acceptors (Lipinski definition) is 8. The van der Waals surface area contributed by atoms with Crippen LogP contribution in [0.5, 0.6) is 0 Å².